The first-order valence-electron chi connectivity index (χ1n) is 9.62. The van der Waals surface area contributed by atoms with Crippen molar-refractivity contribution in [3.63, 3.8) is 0 Å². The number of ether oxygens (including phenoxy) is 1. The van der Waals surface area contributed by atoms with Gasteiger partial charge in [-0.25, -0.2) is 13.2 Å². The van der Waals surface area contributed by atoms with Crippen LogP contribution in [-0.4, -0.2) is 33.7 Å². The molecule has 0 bridgehead atoms. The van der Waals surface area contributed by atoms with Crippen molar-refractivity contribution in [2.75, 3.05) is 6.61 Å². The summed E-state index contributed by atoms with van der Waals surface area (Å²) in [6, 6.07) is 5.68. The van der Waals surface area contributed by atoms with Gasteiger partial charge in [0.25, 0.3) is 11.6 Å². The van der Waals surface area contributed by atoms with Crippen LogP contribution in [0.5, 0.6) is 5.75 Å². The Kier molecular flexibility index (Phi) is 7.66. The van der Waals surface area contributed by atoms with Gasteiger partial charge in [0, 0.05) is 12.1 Å². The van der Waals surface area contributed by atoms with Crippen molar-refractivity contribution in [1.82, 2.24) is 5.32 Å². The van der Waals surface area contributed by atoms with Gasteiger partial charge in [0.2, 0.25) is 29.1 Å². The highest BCUT2D eigenvalue weighted by Crippen LogP contribution is 2.30. The van der Waals surface area contributed by atoms with E-state index in [-0.39, 0.29) is 17.0 Å². The third kappa shape index (κ3) is 5.38. The van der Waals surface area contributed by atoms with Crippen molar-refractivity contribution < 1.29 is 51.0 Å². The smallest absolute Gasteiger partial charge is 0.287 e. The number of aliphatic hydroxyl groups excluding tert-OH is 2. The maximum Gasteiger partial charge on any atom is 0.287 e. The van der Waals surface area contributed by atoms with Crippen molar-refractivity contribution in [2.45, 2.75) is 18.8 Å². The van der Waals surface area contributed by atoms with E-state index in [1.54, 1.807) is 0 Å². The number of benzene rings is 2. The Morgan fingerprint density at radius 1 is 1.00 bits per heavy atom. The summed E-state index contributed by atoms with van der Waals surface area (Å²) in [5.74, 6) is -14.2. The number of carbonyl (C=O) groups is 1. The van der Waals surface area contributed by atoms with Crippen LogP contribution in [0.2, 0.25) is 0 Å². The summed E-state index contributed by atoms with van der Waals surface area (Å²) in [6.45, 7) is -1.54. The number of aliphatic hydroxyl groups is 2. The minimum atomic E-state index is -2.35. The van der Waals surface area contributed by atoms with Gasteiger partial charge < -0.3 is 24.7 Å². The third-order valence-electron chi connectivity index (χ3n) is 4.75. The number of nitrogens with one attached hydrogen (secondary N) is 1. The van der Waals surface area contributed by atoms with E-state index in [1.165, 1.54) is 12.1 Å². The van der Waals surface area contributed by atoms with Crippen molar-refractivity contribution in [1.29, 1.82) is 0 Å². The molecule has 0 fully saturated rings. The van der Waals surface area contributed by atoms with Gasteiger partial charge in [-0.2, -0.15) is 8.78 Å². The van der Waals surface area contributed by atoms with Gasteiger partial charge in [-0.05, 0) is 29.8 Å². The van der Waals surface area contributed by atoms with Gasteiger partial charge in [0.15, 0.2) is 11.5 Å². The van der Waals surface area contributed by atoms with Crippen molar-refractivity contribution in [3.8, 4) is 5.75 Å². The molecule has 0 aliphatic heterocycles. The molecule has 9 nitrogen and oxygen atoms in total. The second-order valence-electron chi connectivity index (χ2n) is 7.01. The molecule has 2 aromatic carbocycles. The minimum Gasteiger partial charge on any atom is -0.479 e. The van der Waals surface area contributed by atoms with E-state index in [2.05, 4.69) is 10.1 Å². The number of furan rings is 1. The van der Waals surface area contributed by atoms with Gasteiger partial charge in [0.1, 0.15) is 18.5 Å². The van der Waals surface area contributed by atoms with Gasteiger partial charge in [-0.3, -0.25) is 14.9 Å². The molecule has 2 atom stereocenters. The molecule has 0 spiro atoms. The molecule has 0 aliphatic carbocycles. The molecular weight excluding hydrogens is 487 g/mol. The van der Waals surface area contributed by atoms with Crippen LogP contribution in [0.15, 0.2) is 40.8 Å². The first-order valence-corrected chi connectivity index (χ1v) is 9.62. The lowest BCUT2D eigenvalue weighted by atomic mass is 10.0. The van der Waals surface area contributed by atoms with E-state index in [1.807, 2.05) is 0 Å². The summed E-state index contributed by atoms with van der Waals surface area (Å²) in [7, 11) is 0. The highest BCUT2D eigenvalue weighted by atomic mass is 19.2. The minimum absolute atomic E-state index is 0.159. The molecular formula is C21H15F5N2O7. The number of hydrogen-bond acceptors (Lipinski definition) is 7. The average Bonchev–Trinajstić information content (AvgIpc) is 3.33. The number of rotatable bonds is 9. The third-order valence-corrected chi connectivity index (χ3v) is 4.75. The lowest BCUT2D eigenvalue weighted by Gasteiger charge is -2.22. The zero-order valence-electron chi connectivity index (χ0n) is 17.3. The maximum absolute atomic E-state index is 13.7. The van der Waals surface area contributed by atoms with Crippen LogP contribution in [0.1, 0.15) is 28.0 Å². The number of carbonyl (C=O) groups excluding carboxylic acids is 1. The van der Waals surface area contributed by atoms with Crippen LogP contribution in [0.4, 0.5) is 27.6 Å². The Bertz CT molecular complexity index is 1220. The Balaban J connectivity index is 1.67. The zero-order chi connectivity index (χ0) is 25.9. The Morgan fingerprint density at radius 2 is 1.57 bits per heavy atom. The van der Waals surface area contributed by atoms with Gasteiger partial charge >= 0.3 is 0 Å². The molecule has 3 aromatic rings. The Labute approximate surface area is 192 Å². The Morgan fingerprint density at radius 3 is 2.11 bits per heavy atom. The quantitative estimate of drug-likeness (QED) is 0.134. The van der Waals surface area contributed by atoms with Crippen LogP contribution in [0.25, 0.3) is 0 Å². The lowest BCUT2D eigenvalue weighted by molar-refractivity contribution is -0.384. The van der Waals surface area contributed by atoms with E-state index in [4.69, 9.17) is 4.42 Å². The number of amides is 1. The lowest BCUT2D eigenvalue weighted by Crippen LogP contribution is -2.41. The maximum atomic E-state index is 13.7. The summed E-state index contributed by atoms with van der Waals surface area (Å²) < 4.78 is 76.7. The summed E-state index contributed by atoms with van der Waals surface area (Å²) in [6.07, 6.45) is -1.46. The van der Waals surface area contributed by atoms with E-state index >= 15 is 0 Å². The number of nitrogens with zero attached hydrogens (tertiary/aromatic N) is 1. The van der Waals surface area contributed by atoms with Crippen molar-refractivity contribution in [3.05, 3.63) is 92.7 Å². The fourth-order valence-electron chi connectivity index (χ4n) is 2.92. The number of nitro benzene ring substituents is 1. The molecule has 186 valence electrons. The molecule has 3 N–H and O–H groups in total. The highest BCUT2D eigenvalue weighted by Gasteiger charge is 2.28. The zero-order valence-corrected chi connectivity index (χ0v) is 17.3. The van der Waals surface area contributed by atoms with E-state index in [0.29, 0.717) is 0 Å². The van der Waals surface area contributed by atoms with E-state index in [9.17, 15) is 47.1 Å². The molecule has 14 heteroatoms. The topological polar surface area (TPSA) is 135 Å². The number of nitro groups is 1. The van der Waals surface area contributed by atoms with Crippen molar-refractivity contribution in [2.24, 2.45) is 0 Å². The molecule has 2 unspecified atom stereocenters. The van der Waals surface area contributed by atoms with Crippen molar-refractivity contribution >= 4 is 11.6 Å². The first-order chi connectivity index (χ1) is 16.5. The largest absolute Gasteiger partial charge is 0.479 e. The van der Waals surface area contributed by atoms with Crippen LogP contribution in [0.3, 0.4) is 0 Å². The summed E-state index contributed by atoms with van der Waals surface area (Å²) in [4.78, 5) is 22.5. The molecule has 35 heavy (non-hydrogen) atoms. The van der Waals surface area contributed by atoms with Crippen LogP contribution in [-0.2, 0) is 6.61 Å². The van der Waals surface area contributed by atoms with Gasteiger partial charge in [-0.1, -0.05) is 0 Å². The highest BCUT2D eigenvalue weighted by molar-refractivity contribution is 5.91. The molecule has 1 heterocycles. The predicted octanol–water partition coefficient (Wildman–Crippen LogP) is 3.29. The monoisotopic (exact) mass is 502 g/mol. The molecule has 0 saturated carbocycles. The standard InChI is InChI=1S/C21H15F5N2O7/c22-14-15(23)17(25)20(18(26)16(14)24)34-8-11-5-6-13(35-11)21(31)27-12(7-29)19(30)9-1-3-10(4-2-9)28(32)33/h1-6,12,19,29-30H,7-8H2,(H,27,31). The summed E-state index contributed by atoms with van der Waals surface area (Å²) in [5.41, 5.74) is -0.0759. The Hall–Kier alpha value is -4.04. The van der Waals surface area contributed by atoms with Crippen LogP contribution >= 0.6 is 0 Å². The second kappa shape index (κ2) is 10.5. The molecule has 1 amide bonds. The predicted molar refractivity (Wildman–Crippen MR) is 106 cm³/mol. The second-order valence-corrected chi connectivity index (χ2v) is 7.01. The molecule has 3 rings (SSSR count). The summed E-state index contributed by atoms with van der Waals surface area (Å²) in [5, 5.41) is 32.9. The molecule has 0 saturated heterocycles. The summed E-state index contributed by atoms with van der Waals surface area (Å²) >= 11 is 0. The van der Waals surface area contributed by atoms with E-state index < -0.39 is 76.8 Å². The SMILES string of the molecule is O=C(NC(CO)C(O)c1ccc([N+](=O)[O-])cc1)c1ccc(COc2c(F)c(F)c(F)c(F)c2F)o1. The first kappa shape index (κ1) is 25.6. The molecule has 1 aromatic heterocycles. The fraction of sp³-hybridized carbons (Fsp3) is 0.190. The molecule has 0 aliphatic rings. The number of hydrogen-bond donors (Lipinski definition) is 3. The molecule has 0 radical (unpaired) electrons. The average molecular weight is 502 g/mol. The normalized spacial score (nSPS) is 12.8. The fourth-order valence-corrected chi connectivity index (χ4v) is 2.92. The number of halogens is 5. The van der Waals surface area contributed by atoms with Gasteiger partial charge in [-0.15, -0.1) is 0 Å². The van der Waals surface area contributed by atoms with Crippen LogP contribution < -0.4 is 10.1 Å². The van der Waals surface area contributed by atoms with Crippen LogP contribution in [0, 0.1) is 39.2 Å². The number of non-ortho nitro benzene ring substituents is 1. The van der Waals surface area contributed by atoms with Gasteiger partial charge in [0.05, 0.1) is 17.6 Å². The van der Waals surface area contributed by atoms with E-state index in [0.717, 1.165) is 24.3 Å².